The first-order valence-electron chi connectivity index (χ1n) is 12.2. The molecule has 2 aromatic carbocycles. The summed E-state index contributed by atoms with van der Waals surface area (Å²) < 4.78 is 38.9. The number of benzene rings is 2. The summed E-state index contributed by atoms with van der Waals surface area (Å²) in [6.45, 7) is 1.15. The number of aromatic amines is 1. The number of alkyl halides is 3. The minimum absolute atomic E-state index is 0.0610. The van der Waals surface area contributed by atoms with Crippen molar-refractivity contribution in [3.05, 3.63) is 65.5 Å². The quantitative estimate of drug-likeness (QED) is 0.481. The molecule has 2 aliphatic rings. The third kappa shape index (κ3) is 5.09. The van der Waals surface area contributed by atoms with Crippen LogP contribution in [0.2, 0.25) is 0 Å². The average Bonchev–Trinajstić information content (AvgIpc) is 3.32. The molecule has 1 saturated heterocycles. The lowest BCUT2D eigenvalue weighted by atomic mass is 9.80. The van der Waals surface area contributed by atoms with E-state index in [0.717, 1.165) is 48.8 Å². The predicted molar refractivity (Wildman–Crippen MR) is 128 cm³/mol. The van der Waals surface area contributed by atoms with E-state index in [1.54, 1.807) is 6.33 Å². The van der Waals surface area contributed by atoms with E-state index in [-0.39, 0.29) is 30.1 Å². The lowest BCUT2D eigenvalue weighted by Crippen LogP contribution is -2.63. The molecule has 190 valence electrons. The normalized spacial score (nSPS) is 20.6. The Labute approximate surface area is 206 Å². The number of hydrogen-bond donors (Lipinski definition) is 3. The molecule has 2 amide bonds. The van der Waals surface area contributed by atoms with Crippen molar-refractivity contribution in [3.63, 3.8) is 0 Å². The molecule has 3 aromatic rings. The Bertz CT molecular complexity index is 1250. The van der Waals surface area contributed by atoms with Gasteiger partial charge in [0.15, 0.2) is 0 Å². The van der Waals surface area contributed by atoms with E-state index in [1.165, 1.54) is 17.7 Å². The maximum Gasteiger partial charge on any atom is 0.416 e. The minimum Gasteiger partial charge on any atom is -0.345 e. The van der Waals surface area contributed by atoms with Gasteiger partial charge in [0.25, 0.3) is 5.91 Å². The zero-order chi connectivity index (χ0) is 25.3. The molecule has 36 heavy (non-hydrogen) atoms. The van der Waals surface area contributed by atoms with Crippen molar-refractivity contribution < 1.29 is 22.8 Å². The Hall–Kier alpha value is -3.40. The molecule has 0 bridgehead atoms. The van der Waals surface area contributed by atoms with E-state index in [2.05, 4.69) is 32.7 Å². The third-order valence-corrected chi connectivity index (χ3v) is 7.30. The summed E-state index contributed by atoms with van der Waals surface area (Å²) in [6, 6.07) is 10.6. The number of carbonyl (C=O) groups excluding carboxylic acids is 2. The van der Waals surface area contributed by atoms with Crippen LogP contribution in [0.1, 0.15) is 53.1 Å². The van der Waals surface area contributed by atoms with Crippen LogP contribution in [-0.4, -0.2) is 58.4 Å². The molecule has 2 heterocycles. The smallest absolute Gasteiger partial charge is 0.345 e. The van der Waals surface area contributed by atoms with Gasteiger partial charge in [-0.3, -0.25) is 9.59 Å². The lowest BCUT2D eigenvalue weighted by molar-refractivity contribution is -0.138. The van der Waals surface area contributed by atoms with Gasteiger partial charge in [-0.25, -0.2) is 4.98 Å². The van der Waals surface area contributed by atoms with E-state index < -0.39 is 17.6 Å². The molecular formula is C26H28F3N5O2. The van der Waals surface area contributed by atoms with Crippen molar-refractivity contribution in [3.8, 4) is 0 Å². The van der Waals surface area contributed by atoms with Crippen LogP contribution >= 0.6 is 0 Å². The molecule has 2 fully saturated rings. The van der Waals surface area contributed by atoms with Gasteiger partial charge in [0.2, 0.25) is 5.91 Å². The fraction of sp³-hybridized carbons (Fsp3) is 0.423. The maximum absolute atomic E-state index is 13.2. The van der Waals surface area contributed by atoms with Crippen LogP contribution in [0.5, 0.6) is 0 Å². The summed E-state index contributed by atoms with van der Waals surface area (Å²) >= 11 is 0. The van der Waals surface area contributed by atoms with Crippen molar-refractivity contribution in [2.75, 3.05) is 19.6 Å². The minimum atomic E-state index is -4.54. The van der Waals surface area contributed by atoms with Crippen LogP contribution in [0, 0.1) is 0 Å². The number of nitrogens with one attached hydrogen (secondary N) is 3. The van der Waals surface area contributed by atoms with Gasteiger partial charge in [0.05, 0.1) is 35.5 Å². The van der Waals surface area contributed by atoms with Crippen molar-refractivity contribution >= 4 is 22.8 Å². The molecule has 7 nitrogen and oxygen atoms in total. The lowest BCUT2D eigenvalue weighted by Gasteiger charge is -2.45. The van der Waals surface area contributed by atoms with Crippen molar-refractivity contribution in [2.24, 2.45) is 0 Å². The Balaban J connectivity index is 1.20. The monoisotopic (exact) mass is 499 g/mol. The fourth-order valence-electron chi connectivity index (χ4n) is 5.26. The maximum atomic E-state index is 13.2. The SMILES string of the molecule is O=C(NCC(=O)N(C1CCC(c2ccc3nc[nH]c3c2)CC1)C1CNC1)c1cccc(C(F)(F)F)c1. The van der Waals surface area contributed by atoms with Gasteiger partial charge in [0.1, 0.15) is 0 Å². The highest BCUT2D eigenvalue weighted by Gasteiger charge is 2.36. The number of rotatable bonds is 6. The summed E-state index contributed by atoms with van der Waals surface area (Å²) in [5.74, 6) is -0.491. The zero-order valence-electron chi connectivity index (χ0n) is 19.6. The number of halogens is 3. The Morgan fingerprint density at radius 3 is 2.50 bits per heavy atom. The first-order valence-corrected chi connectivity index (χ1v) is 12.2. The second kappa shape index (κ2) is 9.93. The molecule has 10 heteroatoms. The number of imidazole rings is 1. The highest BCUT2D eigenvalue weighted by Crippen LogP contribution is 2.36. The second-order valence-electron chi connectivity index (χ2n) is 9.56. The van der Waals surface area contributed by atoms with Gasteiger partial charge in [-0.1, -0.05) is 12.1 Å². The van der Waals surface area contributed by atoms with E-state index in [0.29, 0.717) is 19.0 Å². The molecule has 3 N–H and O–H groups in total. The van der Waals surface area contributed by atoms with Crippen molar-refractivity contribution in [1.82, 2.24) is 25.5 Å². The molecule has 1 saturated carbocycles. The molecule has 1 aromatic heterocycles. The Morgan fingerprint density at radius 2 is 1.81 bits per heavy atom. The topological polar surface area (TPSA) is 90.1 Å². The number of hydrogen-bond acceptors (Lipinski definition) is 4. The van der Waals surface area contributed by atoms with Gasteiger partial charge >= 0.3 is 6.18 Å². The summed E-state index contributed by atoms with van der Waals surface area (Å²) in [5, 5.41) is 5.72. The summed E-state index contributed by atoms with van der Waals surface area (Å²) in [6.07, 6.45) is 0.761. The summed E-state index contributed by atoms with van der Waals surface area (Å²) in [7, 11) is 0. The fourth-order valence-corrected chi connectivity index (χ4v) is 5.26. The average molecular weight is 500 g/mol. The van der Waals surface area contributed by atoms with Crippen LogP contribution in [0.4, 0.5) is 13.2 Å². The Kier molecular flexibility index (Phi) is 6.70. The molecule has 0 radical (unpaired) electrons. The standard InChI is InChI=1S/C26H28F3N5O2/c27-26(28,29)19-3-1-2-18(10-19)25(36)31-14-24(35)34(21-12-30-13-21)20-7-4-16(5-8-20)17-6-9-22-23(11-17)33-15-32-22/h1-3,6,9-11,15-16,20-21,30H,4-5,7-8,12-14H2,(H,31,36)(H,32,33). The van der Waals surface area contributed by atoms with Crippen LogP contribution < -0.4 is 10.6 Å². The van der Waals surface area contributed by atoms with E-state index in [9.17, 15) is 22.8 Å². The number of fused-ring (bicyclic) bond motifs is 1. The van der Waals surface area contributed by atoms with Crippen LogP contribution in [0.25, 0.3) is 11.0 Å². The summed E-state index contributed by atoms with van der Waals surface area (Å²) in [4.78, 5) is 35.0. The van der Waals surface area contributed by atoms with Crippen LogP contribution in [-0.2, 0) is 11.0 Å². The number of aromatic nitrogens is 2. The molecule has 5 rings (SSSR count). The molecule has 1 aliphatic heterocycles. The van der Waals surface area contributed by atoms with Crippen LogP contribution in [0.3, 0.4) is 0 Å². The van der Waals surface area contributed by atoms with E-state index in [1.807, 2.05) is 11.0 Å². The largest absolute Gasteiger partial charge is 0.416 e. The molecule has 0 spiro atoms. The predicted octanol–water partition coefficient (Wildman–Crippen LogP) is 3.84. The van der Waals surface area contributed by atoms with Gasteiger partial charge in [-0.15, -0.1) is 0 Å². The van der Waals surface area contributed by atoms with Gasteiger partial charge in [0, 0.05) is 24.7 Å². The second-order valence-corrected chi connectivity index (χ2v) is 9.56. The third-order valence-electron chi connectivity index (χ3n) is 7.30. The first-order chi connectivity index (χ1) is 17.3. The molecule has 0 unspecified atom stereocenters. The summed E-state index contributed by atoms with van der Waals surface area (Å²) in [5.41, 5.74) is 2.20. The zero-order valence-corrected chi connectivity index (χ0v) is 19.6. The van der Waals surface area contributed by atoms with Crippen molar-refractivity contribution in [2.45, 2.75) is 49.9 Å². The highest BCUT2D eigenvalue weighted by molar-refractivity contribution is 5.96. The molecular weight excluding hydrogens is 471 g/mol. The van der Waals surface area contributed by atoms with Gasteiger partial charge in [-0.2, -0.15) is 13.2 Å². The van der Waals surface area contributed by atoms with Crippen molar-refractivity contribution in [1.29, 1.82) is 0 Å². The molecule has 1 aliphatic carbocycles. The van der Waals surface area contributed by atoms with E-state index in [4.69, 9.17) is 0 Å². The van der Waals surface area contributed by atoms with E-state index >= 15 is 0 Å². The Morgan fingerprint density at radius 1 is 1.03 bits per heavy atom. The molecule has 0 atom stereocenters. The highest BCUT2D eigenvalue weighted by atomic mass is 19.4. The number of carbonyl (C=O) groups is 2. The van der Waals surface area contributed by atoms with Gasteiger partial charge in [-0.05, 0) is 67.5 Å². The van der Waals surface area contributed by atoms with Gasteiger partial charge < -0.3 is 20.5 Å². The number of amides is 2. The number of H-pyrrole nitrogens is 1. The van der Waals surface area contributed by atoms with Crippen LogP contribution in [0.15, 0.2) is 48.8 Å². The number of nitrogens with zero attached hydrogens (tertiary/aromatic N) is 2. The first kappa shape index (κ1) is 24.3.